The van der Waals surface area contributed by atoms with Gasteiger partial charge in [-0.15, -0.1) is 11.3 Å². The van der Waals surface area contributed by atoms with Crippen LogP contribution < -0.4 is 5.32 Å². The third kappa shape index (κ3) is 6.11. The predicted octanol–water partition coefficient (Wildman–Crippen LogP) is 3.39. The lowest BCUT2D eigenvalue weighted by molar-refractivity contribution is -0.141. The molecule has 7 heteroatoms. The number of aromatic nitrogens is 1. The highest BCUT2D eigenvalue weighted by Gasteiger charge is 2.28. The van der Waals surface area contributed by atoms with E-state index in [9.17, 15) is 9.59 Å². The van der Waals surface area contributed by atoms with Crippen LogP contribution in [0, 0.1) is 19.8 Å². The van der Waals surface area contributed by atoms with Crippen LogP contribution in [0.25, 0.3) is 0 Å². The third-order valence-electron chi connectivity index (χ3n) is 5.41. The van der Waals surface area contributed by atoms with E-state index in [1.54, 1.807) is 11.3 Å². The van der Waals surface area contributed by atoms with Gasteiger partial charge >= 0.3 is 5.97 Å². The number of piperidine rings is 1. The fourth-order valence-electron chi connectivity index (χ4n) is 3.65. The van der Waals surface area contributed by atoms with Crippen molar-refractivity contribution < 1.29 is 14.3 Å². The van der Waals surface area contributed by atoms with Gasteiger partial charge in [-0.3, -0.25) is 14.5 Å². The molecule has 1 amide bonds. The number of benzene rings is 1. The van der Waals surface area contributed by atoms with Crippen LogP contribution in [-0.4, -0.2) is 42.0 Å². The molecule has 1 aliphatic rings. The Hall–Kier alpha value is -2.25. The van der Waals surface area contributed by atoms with Crippen molar-refractivity contribution >= 4 is 23.2 Å². The topological polar surface area (TPSA) is 71.5 Å². The number of nitrogens with one attached hydrogen (secondary N) is 1. The SMILES string of the molecule is COC(=O)CC(NC(=O)C1CCN(Cc2csc(C)n2)CC1)c1ccc(C)cc1. The molecule has 1 fully saturated rings. The number of hydrogen-bond acceptors (Lipinski definition) is 6. The molecular weight excluding hydrogens is 386 g/mol. The highest BCUT2D eigenvalue weighted by Crippen LogP contribution is 2.23. The highest BCUT2D eigenvalue weighted by atomic mass is 32.1. The Bertz CT molecular complexity index is 826. The zero-order chi connectivity index (χ0) is 20.8. The van der Waals surface area contributed by atoms with Gasteiger partial charge in [0.25, 0.3) is 0 Å². The molecular formula is C22H29N3O3S. The lowest BCUT2D eigenvalue weighted by atomic mass is 9.94. The van der Waals surface area contributed by atoms with E-state index in [1.807, 2.05) is 38.1 Å². The van der Waals surface area contributed by atoms with Gasteiger partial charge in [0.15, 0.2) is 0 Å². The van der Waals surface area contributed by atoms with Crippen molar-refractivity contribution in [3.63, 3.8) is 0 Å². The summed E-state index contributed by atoms with van der Waals surface area (Å²) in [6.45, 7) is 6.62. The molecule has 0 spiro atoms. The van der Waals surface area contributed by atoms with E-state index in [2.05, 4.69) is 20.6 Å². The minimum atomic E-state index is -0.369. The molecule has 3 rings (SSSR count). The van der Waals surface area contributed by atoms with Crippen molar-refractivity contribution in [2.45, 2.75) is 45.7 Å². The van der Waals surface area contributed by atoms with Crippen molar-refractivity contribution in [2.24, 2.45) is 5.92 Å². The van der Waals surface area contributed by atoms with E-state index in [0.29, 0.717) is 0 Å². The molecule has 29 heavy (non-hydrogen) atoms. The molecule has 2 aromatic rings. The van der Waals surface area contributed by atoms with Crippen LogP contribution in [0.3, 0.4) is 0 Å². The van der Waals surface area contributed by atoms with E-state index in [-0.39, 0.29) is 30.3 Å². The summed E-state index contributed by atoms with van der Waals surface area (Å²) in [5.74, 6) is -0.345. The number of thiazole rings is 1. The second-order valence-electron chi connectivity index (χ2n) is 7.66. The summed E-state index contributed by atoms with van der Waals surface area (Å²) in [6.07, 6.45) is 1.76. The van der Waals surface area contributed by atoms with Gasteiger partial charge in [0, 0.05) is 17.8 Å². The minimum Gasteiger partial charge on any atom is -0.469 e. The quantitative estimate of drug-likeness (QED) is 0.702. The predicted molar refractivity (Wildman–Crippen MR) is 114 cm³/mol. The summed E-state index contributed by atoms with van der Waals surface area (Å²) in [4.78, 5) is 31.6. The Kier molecular flexibility index (Phi) is 7.39. The van der Waals surface area contributed by atoms with Gasteiger partial charge in [0.1, 0.15) is 0 Å². The monoisotopic (exact) mass is 415 g/mol. The lowest BCUT2D eigenvalue weighted by Crippen LogP contribution is -2.41. The first-order valence-corrected chi connectivity index (χ1v) is 10.9. The molecule has 6 nitrogen and oxygen atoms in total. The van der Waals surface area contributed by atoms with E-state index in [1.165, 1.54) is 7.11 Å². The fourth-order valence-corrected chi connectivity index (χ4v) is 4.26. The van der Waals surface area contributed by atoms with Crippen molar-refractivity contribution in [3.05, 3.63) is 51.5 Å². The van der Waals surface area contributed by atoms with Crippen molar-refractivity contribution in [1.82, 2.24) is 15.2 Å². The molecule has 1 aromatic heterocycles. The minimum absolute atomic E-state index is 0.0173. The van der Waals surface area contributed by atoms with E-state index < -0.39 is 0 Å². The fraction of sp³-hybridized carbons (Fsp3) is 0.500. The Balaban J connectivity index is 1.56. The standard InChI is InChI=1S/C22H29N3O3S/c1-15-4-6-17(7-5-15)20(12-21(26)28-3)24-22(27)18-8-10-25(11-9-18)13-19-14-29-16(2)23-19/h4-7,14,18,20H,8-13H2,1-3H3,(H,24,27). The smallest absolute Gasteiger partial charge is 0.307 e. The van der Waals surface area contributed by atoms with Crippen LogP contribution in [-0.2, 0) is 20.9 Å². The van der Waals surface area contributed by atoms with E-state index in [4.69, 9.17) is 4.74 Å². The largest absolute Gasteiger partial charge is 0.469 e. The number of methoxy groups -OCH3 is 1. The maximum Gasteiger partial charge on any atom is 0.307 e. The first-order chi connectivity index (χ1) is 13.9. The van der Waals surface area contributed by atoms with Gasteiger partial charge < -0.3 is 10.1 Å². The maximum absolute atomic E-state index is 12.9. The summed E-state index contributed by atoms with van der Waals surface area (Å²) < 4.78 is 4.82. The molecule has 0 saturated carbocycles. The number of nitrogens with zero attached hydrogens (tertiary/aromatic N) is 2. The maximum atomic E-state index is 12.9. The molecule has 2 heterocycles. The van der Waals surface area contributed by atoms with E-state index >= 15 is 0 Å². The molecule has 0 aliphatic carbocycles. The molecule has 1 unspecified atom stereocenters. The number of amides is 1. The Morgan fingerprint density at radius 2 is 1.93 bits per heavy atom. The first-order valence-electron chi connectivity index (χ1n) is 10.0. The van der Waals surface area contributed by atoms with E-state index in [0.717, 1.165) is 54.3 Å². The average Bonchev–Trinajstić information content (AvgIpc) is 3.13. The number of hydrogen-bond donors (Lipinski definition) is 1. The molecule has 1 aliphatic heterocycles. The Morgan fingerprint density at radius 3 is 2.52 bits per heavy atom. The summed E-state index contributed by atoms with van der Waals surface area (Å²) in [7, 11) is 1.37. The van der Waals surface area contributed by atoms with Crippen molar-refractivity contribution in [2.75, 3.05) is 20.2 Å². The van der Waals surface area contributed by atoms with Gasteiger partial charge in [-0.05, 0) is 45.3 Å². The average molecular weight is 416 g/mol. The molecule has 1 aromatic carbocycles. The normalized spacial score (nSPS) is 16.4. The first kappa shape index (κ1) is 21.5. The lowest BCUT2D eigenvalue weighted by Gasteiger charge is -2.31. The van der Waals surface area contributed by atoms with Crippen LogP contribution in [0.2, 0.25) is 0 Å². The molecule has 1 saturated heterocycles. The zero-order valence-corrected chi connectivity index (χ0v) is 18.1. The number of esters is 1. The van der Waals surface area contributed by atoms with Crippen LogP contribution in [0.1, 0.15) is 47.1 Å². The van der Waals surface area contributed by atoms with Crippen LogP contribution >= 0.6 is 11.3 Å². The Labute approximate surface area is 176 Å². The number of likely N-dealkylation sites (tertiary alicyclic amines) is 1. The summed E-state index contributed by atoms with van der Waals surface area (Å²) in [5, 5.41) is 6.28. The van der Waals surface area contributed by atoms with Crippen molar-refractivity contribution in [1.29, 1.82) is 0 Å². The number of aryl methyl sites for hydroxylation is 2. The summed E-state index contributed by atoms with van der Waals surface area (Å²) >= 11 is 1.67. The molecule has 1 N–H and O–H groups in total. The molecule has 1 atom stereocenters. The number of rotatable bonds is 7. The van der Waals surface area contributed by atoms with Crippen LogP contribution in [0.5, 0.6) is 0 Å². The number of ether oxygens (including phenoxy) is 1. The summed E-state index contributed by atoms with van der Waals surface area (Å²) in [6, 6.07) is 7.53. The third-order valence-corrected chi connectivity index (χ3v) is 6.23. The number of carbonyl (C=O) groups excluding carboxylic acids is 2. The molecule has 0 bridgehead atoms. The Morgan fingerprint density at radius 1 is 1.24 bits per heavy atom. The zero-order valence-electron chi connectivity index (χ0n) is 17.3. The van der Waals surface area contributed by atoms with Gasteiger partial charge in [-0.25, -0.2) is 4.98 Å². The van der Waals surface area contributed by atoms with Crippen molar-refractivity contribution in [3.8, 4) is 0 Å². The second kappa shape index (κ2) is 9.98. The summed E-state index contributed by atoms with van der Waals surface area (Å²) in [5.41, 5.74) is 3.16. The second-order valence-corrected chi connectivity index (χ2v) is 8.72. The highest BCUT2D eigenvalue weighted by molar-refractivity contribution is 7.09. The van der Waals surface area contributed by atoms with Gasteiger partial charge in [-0.1, -0.05) is 29.8 Å². The van der Waals surface area contributed by atoms with Gasteiger partial charge in [-0.2, -0.15) is 0 Å². The number of carbonyl (C=O) groups is 2. The van der Waals surface area contributed by atoms with Crippen LogP contribution in [0.15, 0.2) is 29.6 Å². The molecule has 156 valence electrons. The molecule has 0 radical (unpaired) electrons. The van der Waals surface area contributed by atoms with Crippen LogP contribution in [0.4, 0.5) is 0 Å². The van der Waals surface area contributed by atoms with Gasteiger partial charge in [0.05, 0.1) is 30.3 Å². The van der Waals surface area contributed by atoms with Gasteiger partial charge in [0.2, 0.25) is 5.91 Å².